The van der Waals surface area contributed by atoms with E-state index in [9.17, 15) is 0 Å². The third kappa shape index (κ3) is 3.16. The smallest absolute Gasteiger partial charge is 0.0681 e. The van der Waals surface area contributed by atoms with E-state index in [1.54, 1.807) is 0 Å². The van der Waals surface area contributed by atoms with Gasteiger partial charge in [0, 0.05) is 31.2 Å². The lowest BCUT2D eigenvalue weighted by atomic mass is 10.1. The van der Waals surface area contributed by atoms with E-state index in [0.717, 1.165) is 24.2 Å². The molecule has 3 nitrogen and oxygen atoms in total. The Balaban J connectivity index is 1.49. The first-order chi connectivity index (χ1) is 9.26. The molecule has 104 valence electrons. The van der Waals surface area contributed by atoms with E-state index in [1.165, 1.54) is 31.4 Å². The van der Waals surface area contributed by atoms with E-state index < -0.39 is 0 Å². The maximum atomic E-state index is 9.03. The first-order valence-corrected chi connectivity index (χ1v) is 7.44. The van der Waals surface area contributed by atoms with Crippen molar-refractivity contribution in [2.24, 2.45) is 0 Å². The maximum absolute atomic E-state index is 9.03. The minimum absolute atomic E-state index is 0.129. The van der Waals surface area contributed by atoms with E-state index in [4.69, 9.17) is 5.11 Å². The second-order valence-corrected chi connectivity index (χ2v) is 6.07. The van der Waals surface area contributed by atoms with Gasteiger partial charge in [-0.05, 0) is 37.3 Å². The lowest BCUT2D eigenvalue weighted by molar-refractivity contribution is 0.255. The number of hydrogen-bond donors (Lipinski definition) is 2. The molecule has 0 spiro atoms. The maximum Gasteiger partial charge on any atom is 0.0681 e. The van der Waals surface area contributed by atoms with E-state index >= 15 is 0 Å². The highest BCUT2D eigenvalue weighted by atomic mass is 16.3. The predicted octanol–water partition coefficient (Wildman–Crippen LogP) is 1.89. The van der Waals surface area contributed by atoms with Gasteiger partial charge in [-0.1, -0.05) is 24.3 Å². The third-order valence-electron chi connectivity index (χ3n) is 4.44. The Kier molecular flexibility index (Phi) is 3.87. The molecule has 0 radical (unpaired) electrons. The second kappa shape index (κ2) is 5.61. The minimum atomic E-state index is 0.129. The molecule has 2 unspecified atom stereocenters. The predicted molar refractivity (Wildman–Crippen MR) is 76.8 cm³/mol. The minimum Gasteiger partial charge on any atom is -0.392 e. The summed E-state index contributed by atoms with van der Waals surface area (Å²) >= 11 is 0. The number of likely N-dealkylation sites (tertiary alicyclic amines) is 1. The number of nitrogens with zero attached hydrogens (tertiary/aromatic N) is 1. The molecule has 1 saturated heterocycles. The van der Waals surface area contributed by atoms with Crippen molar-refractivity contribution in [2.75, 3.05) is 6.54 Å². The van der Waals surface area contributed by atoms with Gasteiger partial charge in [0.1, 0.15) is 0 Å². The van der Waals surface area contributed by atoms with Gasteiger partial charge in [0.15, 0.2) is 0 Å². The first-order valence-electron chi connectivity index (χ1n) is 7.44. The fourth-order valence-electron chi connectivity index (χ4n) is 3.14. The van der Waals surface area contributed by atoms with Crippen LogP contribution in [-0.2, 0) is 13.2 Å². The van der Waals surface area contributed by atoms with Gasteiger partial charge in [0.05, 0.1) is 6.61 Å². The van der Waals surface area contributed by atoms with E-state index in [0.29, 0.717) is 6.04 Å². The number of rotatable bonds is 5. The topological polar surface area (TPSA) is 35.5 Å². The van der Waals surface area contributed by atoms with Crippen LogP contribution in [0.25, 0.3) is 0 Å². The highest BCUT2D eigenvalue weighted by Crippen LogP contribution is 2.33. The number of benzene rings is 1. The van der Waals surface area contributed by atoms with Gasteiger partial charge in [0.25, 0.3) is 0 Å². The summed E-state index contributed by atoms with van der Waals surface area (Å²) in [4.78, 5) is 2.67. The average molecular weight is 260 g/mol. The van der Waals surface area contributed by atoms with Crippen LogP contribution in [0.3, 0.4) is 0 Å². The lowest BCUT2D eigenvalue weighted by Gasteiger charge is -2.19. The standard InChI is InChI=1S/C16H24N2O/c1-12-8-15(10-18(12)16-6-7-16)17-9-13-2-4-14(11-19)5-3-13/h2-5,12,15-17,19H,6-11H2,1H3. The summed E-state index contributed by atoms with van der Waals surface area (Å²) < 4.78 is 0. The summed E-state index contributed by atoms with van der Waals surface area (Å²) in [6.07, 6.45) is 4.07. The van der Waals surface area contributed by atoms with Crippen molar-refractivity contribution >= 4 is 0 Å². The molecule has 2 aliphatic rings. The Morgan fingerprint density at radius 3 is 2.53 bits per heavy atom. The van der Waals surface area contributed by atoms with Crippen LogP contribution in [0, 0.1) is 0 Å². The van der Waals surface area contributed by atoms with Crippen molar-refractivity contribution < 1.29 is 5.11 Å². The number of nitrogens with one attached hydrogen (secondary N) is 1. The lowest BCUT2D eigenvalue weighted by Crippen LogP contribution is -2.33. The molecule has 1 saturated carbocycles. The van der Waals surface area contributed by atoms with Crippen LogP contribution in [0.1, 0.15) is 37.3 Å². The fraction of sp³-hybridized carbons (Fsp3) is 0.625. The Bertz CT molecular complexity index is 413. The first kappa shape index (κ1) is 13.1. The SMILES string of the molecule is CC1CC(NCc2ccc(CO)cc2)CN1C1CC1. The zero-order chi connectivity index (χ0) is 13.2. The van der Waals surface area contributed by atoms with Crippen LogP contribution in [-0.4, -0.2) is 34.7 Å². The van der Waals surface area contributed by atoms with Crippen LogP contribution in [0.4, 0.5) is 0 Å². The number of hydrogen-bond acceptors (Lipinski definition) is 3. The normalized spacial score (nSPS) is 27.9. The largest absolute Gasteiger partial charge is 0.392 e. The number of aliphatic hydroxyl groups is 1. The van der Waals surface area contributed by atoms with E-state index in [1.807, 2.05) is 12.1 Å². The van der Waals surface area contributed by atoms with Crippen molar-refractivity contribution in [3.05, 3.63) is 35.4 Å². The molecule has 2 fully saturated rings. The molecule has 1 aliphatic carbocycles. The Labute approximate surface area is 115 Å². The molecule has 1 aromatic carbocycles. The summed E-state index contributed by atoms with van der Waals surface area (Å²) in [6.45, 7) is 4.63. The molecule has 2 atom stereocenters. The Hall–Kier alpha value is -0.900. The molecule has 2 N–H and O–H groups in total. The van der Waals surface area contributed by atoms with Crippen molar-refractivity contribution in [3.63, 3.8) is 0 Å². The third-order valence-corrected chi connectivity index (χ3v) is 4.44. The molecular weight excluding hydrogens is 236 g/mol. The Morgan fingerprint density at radius 2 is 1.89 bits per heavy atom. The summed E-state index contributed by atoms with van der Waals surface area (Å²) in [6, 6.07) is 10.5. The molecule has 19 heavy (non-hydrogen) atoms. The van der Waals surface area contributed by atoms with Crippen LogP contribution in [0.5, 0.6) is 0 Å². The van der Waals surface area contributed by atoms with Crippen LogP contribution >= 0.6 is 0 Å². The van der Waals surface area contributed by atoms with Gasteiger partial charge in [-0.25, -0.2) is 0 Å². The highest BCUT2D eigenvalue weighted by molar-refractivity contribution is 5.21. The van der Waals surface area contributed by atoms with E-state index in [2.05, 4.69) is 29.3 Å². The second-order valence-electron chi connectivity index (χ2n) is 6.07. The summed E-state index contributed by atoms with van der Waals surface area (Å²) in [5.74, 6) is 0. The van der Waals surface area contributed by atoms with Crippen molar-refractivity contribution in [1.82, 2.24) is 10.2 Å². The van der Waals surface area contributed by atoms with Gasteiger partial charge >= 0.3 is 0 Å². The molecule has 3 heteroatoms. The van der Waals surface area contributed by atoms with E-state index in [-0.39, 0.29) is 6.61 Å². The molecule has 1 aromatic rings. The quantitative estimate of drug-likeness (QED) is 0.848. The molecule has 0 bridgehead atoms. The number of aliphatic hydroxyl groups excluding tert-OH is 1. The highest BCUT2D eigenvalue weighted by Gasteiger charge is 2.38. The van der Waals surface area contributed by atoms with Gasteiger partial charge in [-0.15, -0.1) is 0 Å². The van der Waals surface area contributed by atoms with Gasteiger partial charge in [-0.2, -0.15) is 0 Å². The molecule has 1 heterocycles. The fourth-order valence-corrected chi connectivity index (χ4v) is 3.14. The monoisotopic (exact) mass is 260 g/mol. The molecular formula is C16H24N2O. The summed E-state index contributed by atoms with van der Waals surface area (Å²) in [7, 11) is 0. The molecule has 0 aromatic heterocycles. The Morgan fingerprint density at radius 1 is 1.21 bits per heavy atom. The van der Waals surface area contributed by atoms with Gasteiger partial charge in [0.2, 0.25) is 0 Å². The molecule has 3 rings (SSSR count). The average Bonchev–Trinajstić information content (AvgIpc) is 3.21. The van der Waals surface area contributed by atoms with Crippen molar-refractivity contribution in [3.8, 4) is 0 Å². The van der Waals surface area contributed by atoms with Crippen LogP contribution < -0.4 is 5.32 Å². The van der Waals surface area contributed by atoms with Gasteiger partial charge in [-0.3, -0.25) is 4.90 Å². The van der Waals surface area contributed by atoms with Crippen LogP contribution in [0.15, 0.2) is 24.3 Å². The molecule has 0 amide bonds. The zero-order valence-corrected chi connectivity index (χ0v) is 11.7. The van der Waals surface area contributed by atoms with Crippen molar-refractivity contribution in [1.29, 1.82) is 0 Å². The van der Waals surface area contributed by atoms with Crippen LogP contribution in [0.2, 0.25) is 0 Å². The van der Waals surface area contributed by atoms with Gasteiger partial charge < -0.3 is 10.4 Å². The zero-order valence-electron chi connectivity index (χ0n) is 11.7. The van der Waals surface area contributed by atoms with Crippen molar-refractivity contribution in [2.45, 2.75) is 57.5 Å². The molecule has 1 aliphatic heterocycles. The summed E-state index contributed by atoms with van der Waals surface area (Å²) in [5.41, 5.74) is 2.29. The summed E-state index contributed by atoms with van der Waals surface area (Å²) in [5, 5.41) is 12.7.